The lowest BCUT2D eigenvalue weighted by atomic mass is 10.1. The summed E-state index contributed by atoms with van der Waals surface area (Å²) in [4.78, 5) is 14.5. The molecule has 0 spiro atoms. The third-order valence-electron chi connectivity index (χ3n) is 4.03. The van der Waals surface area contributed by atoms with Gasteiger partial charge in [-0.25, -0.2) is 0 Å². The molecule has 0 saturated carbocycles. The zero-order chi connectivity index (χ0) is 16.8. The number of piperidine rings is 1. The van der Waals surface area contributed by atoms with Gasteiger partial charge in [0.05, 0.1) is 31.5 Å². The zero-order valence-corrected chi connectivity index (χ0v) is 14.6. The fourth-order valence-electron chi connectivity index (χ4n) is 2.79. The Hall–Kier alpha value is -1.50. The summed E-state index contributed by atoms with van der Waals surface area (Å²) >= 11 is 6.07. The predicted octanol–water partition coefficient (Wildman–Crippen LogP) is 1.98. The number of nitrogens with one attached hydrogen (secondary N) is 2. The minimum Gasteiger partial charge on any atom is -0.495 e. The van der Waals surface area contributed by atoms with Gasteiger partial charge in [-0.1, -0.05) is 11.6 Å². The van der Waals surface area contributed by atoms with Gasteiger partial charge in [0.1, 0.15) is 11.5 Å². The highest BCUT2D eigenvalue weighted by Gasteiger charge is 2.21. The molecule has 0 aromatic heterocycles. The van der Waals surface area contributed by atoms with Crippen molar-refractivity contribution < 1.29 is 14.3 Å². The van der Waals surface area contributed by atoms with Crippen molar-refractivity contribution >= 4 is 23.2 Å². The minimum absolute atomic E-state index is 0.0792. The predicted molar refractivity (Wildman–Crippen MR) is 91.7 cm³/mol. The number of benzene rings is 1. The second kappa shape index (κ2) is 8.38. The third kappa shape index (κ3) is 4.73. The molecule has 1 aromatic rings. The summed E-state index contributed by atoms with van der Waals surface area (Å²) in [6.07, 6.45) is 2.24. The number of hydrogen-bond acceptors (Lipinski definition) is 5. The first-order chi connectivity index (χ1) is 11.1. The lowest BCUT2D eigenvalue weighted by Crippen LogP contribution is -2.46. The van der Waals surface area contributed by atoms with E-state index in [0.29, 0.717) is 34.8 Å². The number of hydrogen-bond donors (Lipinski definition) is 2. The number of nitrogens with zero attached hydrogens (tertiary/aromatic N) is 1. The number of ether oxygens (including phenoxy) is 2. The number of halogens is 1. The Bertz CT molecular complexity index is 554. The molecule has 1 aliphatic heterocycles. The summed E-state index contributed by atoms with van der Waals surface area (Å²) in [6.45, 7) is 2.17. The van der Waals surface area contributed by atoms with Gasteiger partial charge in [-0.15, -0.1) is 0 Å². The van der Waals surface area contributed by atoms with Gasteiger partial charge in [0.25, 0.3) is 0 Å². The molecule has 0 radical (unpaired) electrons. The molecule has 1 saturated heterocycles. The van der Waals surface area contributed by atoms with Crippen LogP contribution in [0.4, 0.5) is 5.69 Å². The number of amides is 1. The first kappa shape index (κ1) is 17.8. The van der Waals surface area contributed by atoms with Crippen LogP contribution in [0.5, 0.6) is 11.5 Å². The monoisotopic (exact) mass is 341 g/mol. The topological polar surface area (TPSA) is 62.8 Å². The summed E-state index contributed by atoms with van der Waals surface area (Å²) in [5.41, 5.74) is 0.556. The Morgan fingerprint density at radius 1 is 1.35 bits per heavy atom. The maximum atomic E-state index is 12.3. The van der Waals surface area contributed by atoms with Crippen LogP contribution in [0.15, 0.2) is 12.1 Å². The van der Waals surface area contributed by atoms with Gasteiger partial charge >= 0.3 is 0 Å². The van der Waals surface area contributed by atoms with E-state index in [1.165, 1.54) is 14.2 Å². The molecule has 6 nitrogen and oxygen atoms in total. The van der Waals surface area contributed by atoms with Gasteiger partial charge in [-0.2, -0.15) is 0 Å². The summed E-state index contributed by atoms with van der Waals surface area (Å²) < 4.78 is 10.5. The molecule has 1 amide bonds. The van der Waals surface area contributed by atoms with Gasteiger partial charge < -0.3 is 20.1 Å². The molecule has 1 aromatic carbocycles. The van der Waals surface area contributed by atoms with E-state index in [0.717, 1.165) is 25.9 Å². The smallest absolute Gasteiger partial charge is 0.238 e. The molecule has 1 aliphatic rings. The molecule has 2 N–H and O–H groups in total. The molecule has 0 bridgehead atoms. The Labute approximate surface area is 142 Å². The maximum absolute atomic E-state index is 12.3. The molecule has 1 heterocycles. The molecular formula is C16H24ClN3O3. The van der Waals surface area contributed by atoms with Crippen LogP contribution < -0.4 is 20.1 Å². The Morgan fingerprint density at radius 2 is 2.09 bits per heavy atom. The average molecular weight is 342 g/mol. The molecule has 0 aliphatic carbocycles. The highest BCUT2D eigenvalue weighted by Crippen LogP contribution is 2.35. The fourth-order valence-corrected chi connectivity index (χ4v) is 3.02. The fraction of sp³-hybridized carbons (Fsp3) is 0.562. The summed E-state index contributed by atoms with van der Waals surface area (Å²) in [5.74, 6) is 0.927. The lowest BCUT2D eigenvalue weighted by Gasteiger charge is -2.31. The van der Waals surface area contributed by atoms with E-state index in [-0.39, 0.29) is 5.91 Å². The van der Waals surface area contributed by atoms with Gasteiger partial charge in [0, 0.05) is 24.7 Å². The van der Waals surface area contributed by atoms with Crippen molar-refractivity contribution in [1.82, 2.24) is 10.2 Å². The number of carbonyl (C=O) groups excluding carboxylic acids is 1. The van der Waals surface area contributed by atoms with Crippen molar-refractivity contribution in [2.24, 2.45) is 0 Å². The van der Waals surface area contributed by atoms with Crippen molar-refractivity contribution in [1.29, 1.82) is 0 Å². The van der Waals surface area contributed by atoms with Crippen LogP contribution in [0.25, 0.3) is 0 Å². The normalized spacial score (nSPS) is 18.5. The molecule has 128 valence electrons. The van der Waals surface area contributed by atoms with Gasteiger partial charge in [-0.3, -0.25) is 9.69 Å². The first-order valence-corrected chi connectivity index (χ1v) is 8.06. The van der Waals surface area contributed by atoms with E-state index in [1.807, 2.05) is 7.05 Å². The van der Waals surface area contributed by atoms with Crippen LogP contribution in [-0.4, -0.2) is 57.8 Å². The SMILES string of the molecule is CNC1CCCN(CC(=O)Nc2cc(OC)c(Cl)cc2OC)C1. The highest BCUT2D eigenvalue weighted by molar-refractivity contribution is 6.32. The molecular weight excluding hydrogens is 318 g/mol. The number of likely N-dealkylation sites (N-methyl/N-ethyl adjacent to an activating group) is 1. The van der Waals surface area contributed by atoms with Gasteiger partial charge in [-0.05, 0) is 26.4 Å². The first-order valence-electron chi connectivity index (χ1n) is 7.68. The molecule has 1 unspecified atom stereocenters. The van der Waals surface area contributed by atoms with E-state index in [1.54, 1.807) is 12.1 Å². The highest BCUT2D eigenvalue weighted by atomic mass is 35.5. The van der Waals surface area contributed by atoms with Crippen molar-refractivity contribution in [3.05, 3.63) is 17.2 Å². The Morgan fingerprint density at radius 3 is 2.74 bits per heavy atom. The van der Waals surface area contributed by atoms with E-state index in [9.17, 15) is 4.79 Å². The van der Waals surface area contributed by atoms with Crippen molar-refractivity contribution in [3.8, 4) is 11.5 Å². The van der Waals surface area contributed by atoms with Crippen LogP contribution in [0.2, 0.25) is 5.02 Å². The maximum Gasteiger partial charge on any atom is 0.238 e. The lowest BCUT2D eigenvalue weighted by molar-refractivity contribution is -0.117. The summed E-state index contributed by atoms with van der Waals surface area (Å²) in [5, 5.41) is 6.59. The van der Waals surface area contributed by atoms with Crippen LogP contribution in [0.3, 0.4) is 0 Å². The Balaban J connectivity index is 2.02. The number of rotatable bonds is 6. The van der Waals surface area contributed by atoms with Crippen molar-refractivity contribution in [3.63, 3.8) is 0 Å². The summed E-state index contributed by atoms with van der Waals surface area (Å²) in [6, 6.07) is 3.75. The van der Waals surface area contributed by atoms with Crippen molar-refractivity contribution in [2.45, 2.75) is 18.9 Å². The molecule has 23 heavy (non-hydrogen) atoms. The number of methoxy groups -OCH3 is 2. The summed E-state index contributed by atoms with van der Waals surface area (Å²) in [7, 11) is 5.03. The minimum atomic E-state index is -0.0792. The number of anilines is 1. The van der Waals surface area contributed by atoms with Crippen LogP contribution in [0, 0.1) is 0 Å². The van der Waals surface area contributed by atoms with Crippen LogP contribution in [0.1, 0.15) is 12.8 Å². The standard InChI is InChI=1S/C16H24ClN3O3/c1-18-11-5-4-6-20(9-11)10-16(21)19-13-8-14(22-2)12(17)7-15(13)23-3/h7-8,11,18H,4-6,9-10H2,1-3H3,(H,19,21). The average Bonchev–Trinajstić information content (AvgIpc) is 2.56. The van der Waals surface area contributed by atoms with E-state index in [2.05, 4.69) is 15.5 Å². The van der Waals surface area contributed by atoms with Crippen LogP contribution in [-0.2, 0) is 4.79 Å². The quantitative estimate of drug-likeness (QED) is 0.828. The zero-order valence-electron chi connectivity index (χ0n) is 13.8. The molecule has 1 fully saturated rings. The second-order valence-electron chi connectivity index (χ2n) is 5.60. The van der Waals surface area contributed by atoms with Crippen molar-refractivity contribution in [2.75, 3.05) is 46.2 Å². The number of likely N-dealkylation sites (tertiary alicyclic amines) is 1. The molecule has 2 rings (SSSR count). The Kier molecular flexibility index (Phi) is 6.50. The van der Waals surface area contributed by atoms with E-state index in [4.69, 9.17) is 21.1 Å². The number of carbonyl (C=O) groups is 1. The molecule has 7 heteroatoms. The third-order valence-corrected chi connectivity index (χ3v) is 4.32. The van der Waals surface area contributed by atoms with Crippen LogP contribution >= 0.6 is 11.6 Å². The molecule has 1 atom stereocenters. The van der Waals surface area contributed by atoms with E-state index >= 15 is 0 Å². The van der Waals surface area contributed by atoms with Gasteiger partial charge in [0.15, 0.2) is 0 Å². The largest absolute Gasteiger partial charge is 0.495 e. The van der Waals surface area contributed by atoms with Gasteiger partial charge in [0.2, 0.25) is 5.91 Å². The van der Waals surface area contributed by atoms with E-state index < -0.39 is 0 Å². The second-order valence-corrected chi connectivity index (χ2v) is 6.01.